The van der Waals surface area contributed by atoms with Gasteiger partial charge in [-0.1, -0.05) is 12.5 Å². The van der Waals surface area contributed by atoms with E-state index in [9.17, 15) is 24.3 Å². The first-order chi connectivity index (χ1) is 17.4. The third kappa shape index (κ3) is 4.38. The zero-order chi connectivity index (χ0) is 25.4. The summed E-state index contributed by atoms with van der Waals surface area (Å²) in [6.07, 6.45) is 4.85. The lowest BCUT2D eigenvalue weighted by Gasteiger charge is -2.29. The van der Waals surface area contributed by atoms with Crippen LogP contribution in [-0.2, 0) is 14.4 Å². The molecular weight excluding hydrogens is 464 g/mol. The van der Waals surface area contributed by atoms with Gasteiger partial charge >= 0.3 is 0 Å². The molecule has 1 aromatic carbocycles. The van der Waals surface area contributed by atoms with Crippen LogP contribution in [0.1, 0.15) is 55.6 Å². The number of methoxy groups -OCH3 is 1. The fourth-order valence-electron chi connectivity index (χ4n) is 6.32. The zero-order valence-corrected chi connectivity index (χ0v) is 20.4. The van der Waals surface area contributed by atoms with Crippen LogP contribution in [0.3, 0.4) is 0 Å². The number of imidazole rings is 1. The van der Waals surface area contributed by atoms with Crippen molar-refractivity contribution in [3.63, 3.8) is 0 Å². The van der Waals surface area contributed by atoms with Crippen LogP contribution >= 0.6 is 0 Å². The van der Waals surface area contributed by atoms with Gasteiger partial charge in [-0.2, -0.15) is 0 Å². The number of aliphatic hydroxyl groups is 1. The Morgan fingerprint density at radius 1 is 1.25 bits per heavy atom. The number of nitrogens with zero attached hydrogens (tertiary/aromatic N) is 2. The number of hydrogen-bond acceptors (Lipinski definition) is 7. The summed E-state index contributed by atoms with van der Waals surface area (Å²) in [5, 5.41) is 12.3. The van der Waals surface area contributed by atoms with E-state index in [0.29, 0.717) is 36.2 Å². The average molecular weight is 497 g/mol. The lowest BCUT2D eigenvalue weighted by Crippen LogP contribution is -2.53. The molecule has 3 N–H and O–H groups in total. The molecule has 0 unspecified atom stereocenters. The molecule has 3 aliphatic rings. The third-order valence-corrected chi connectivity index (χ3v) is 8.13. The molecule has 10 heteroatoms. The van der Waals surface area contributed by atoms with E-state index in [1.54, 1.807) is 23.1 Å². The predicted octanol–water partition coefficient (Wildman–Crippen LogP) is 1.62. The van der Waals surface area contributed by atoms with Gasteiger partial charge in [-0.3, -0.25) is 19.2 Å². The normalized spacial score (nSPS) is 26.3. The molecule has 3 fully saturated rings. The summed E-state index contributed by atoms with van der Waals surface area (Å²) < 4.78 is 5.36. The Morgan fingerprint density at radius 2 is 2.08 bits per heavy atom. The number of ketones is 2. The lowest BCUT2D eigenvalue weighted by atomic mass is 9.91. The zero-order valence-electron chi connectivity index (χ0n) is 20.4. The Morgan fingerprint density at radius 3 is 2.81 bits per heavy atom. The minimum Gasteiger partial charge on any atom is -0.494 e. The molecule has 0 bridgehead atoms. The van der Waals surface area contributed by atoms with E-state index in [2.05, 4.69) is 15.3 Å². The smallest absolute Gasteiger partial charge is 0.290 e. The fourth-order valence-corrected chi connectivity index (χ4v) is 6.32. The van der Waals surface area contributed by atoms with Crippen molar-refractivity contribution in [1.82, 2.24) is 20.2 Å². The van der Waals surface area contributed by atoms with Crippen LogP contribution in [0, 0.1) is 17.8 Å². The molecule has 1 aromatic heterocycles. The average Bonchev–Trinajstić information content (AvgIpc) is 3.66. The minimum atomic E-state index is -0.956. The number of hydrogen-bond donors (Lipinski definition) is 3. The Labute approximate surface area is 208 Å². The minimum absolute atomic E-state index is 0.00847. The molecule has 10 nitrogen and oxygen atoms in total. The highest BCUT2D eigenvalue weighted by Crippen LogP contribution is 2.43. The van der Waals surface area contributed by atoms with Crippen molar-refractivity contribution in [2.24, 2.45) is 17.8 Å². The van der Waals surface area contributed by atoms with E-state index < -0.39 is 30.4 Å². The number of H-pyrrole nitrogens is 1. The standard InChI is InChI=1S/C26H32N4O6/c1-36-21-10-4-8-17-22(21)29-24(27-17)26(35)30-12-15-6-2-7-16(15)23(30)25(34)28-18(20(33)13-31)11-14-5-3-9-19(14)32/h4,8,10,14-16,18,23,31H,2-3,5-7,9,11-13H2,1H3,(H,27,29)(H,28,34)/t14-,15-,16-,18-,23-/m0/s1. The lowest BCUT2D eigenvalue weighted by molar-refractivity contribution is -0.133. The number of amides is 2. The molecular formula is C26H32N4O6. The number of likely N-dealkylation sites (tertiary alicyclic amines) is 1. The number of ether oxygens (including phenoxy) is 1. The quantitative estimate of drug-likeness (QED) is 0.504. The first-order valence-electron chi connectivity index (χ1n) is 12.7. The summed E-state index contributed by atoms with van der Waals surface area (Å²) in [7, 11) is 1.54. The number of carbonyl (C=O) groups excluding carboxylic acids is 4. The molecule has 36 heavy (non-hydrogen) atoms. The molecule has 2 saturated carbocycles. The predicted molar refractivity (Wildman–Crippen MR) is 129 cm³/mol. The summed E-state index contributed by atoms with van der Waals surface area (Å²) in [6, 6.07) is 3.68. The Balaban J connectivity index is 1.39. The number of carbonyl (C=O) groups is 4. The van der Waals surface area contributed by atoms with E-state index in [-0.39, 0.29) is 41.7 Å². The Bertz CT molecular complexity index is 1190. The number of aliphatic hydroxyl groups excluding tert-OH is 1. The number of rotatable bonds is 8. The van der Waals surface area contributed by atoms with Crippen LogP contribution in [0.4, 0.5) is 0 Å². The highest BCUT2D eigenvalue weighted by Gasteiger charge is 2.50. The maximum Gasteiger partial charge on any atom is 0.290 e. The largest absolute Gasteiger partial charge is 0.494 e. The topological polar surface area (TPSA) is 142 Å². The molecule has 5 atom stereocenters. The number of Topliss-reactive ketones (excluding diaryl/α,β-unsaturated/α-hetero) is 2. The van der Waals surface area contributed by atoms with E-state index in [1.165, 1.54) is 7.11 Å². The Hall–Kier alpha value is -3.27. The first-order valence-corrected chi connectivity index (χ1v) is 12.7. The van der Waals surface area contributed by atoms with Gasteiger partial charge < -0.3 is 25.0 Å². The van der Waals surface area contributed by atoms with Crippen molar-refractivity contribution in [1.29, 1.82) is 0 Å². The van der Waals surface area contributed by atoms with E-state index in [1.807, 2.05) is 0 Å². The van der Waals surface area contributed by atoms with Crippen LogP contribution in [0.15, 0.2) is 18.2 Å². The molecule has 0 radical (unpaired) electrons. The second-order valence-electron chi connectivity index (χ2n) is 10.2. The van der Waals surface area contributed by atoms with Gasteiger partial charge in [0.15, 0.2) is 11.6 Å². The number of aromatic nitrogens is 2. The second kappa shape index (κ2) is 10.0. The van der Waals surface area contributed by atoms with Crippen LogP contribution in [-0.4, -0.2) is 75.7 Å². The molecule has 1 saturated heterocycles. The van der Waals surface area contributed by atoms with Gasteiger partial charge in [-0.05, 0) is 56.1 Å². The summed E-state index contributed by atoms with van der Waals surface area (Å²) in [4.78, 5) is 61.0. The monoisotopic (exact) mass is 496 g/mol. The van der Waals surface area contributed by atoms with Gasteiger partial charge in [0.05, 0.1) is 18.7 Å². The molecule has 2 aromatic rings. The molecule has 1 aliphatic heterocycles. The molecule has 2 aliphatic carbocycles. The van der Waals surface area contributed by atoms with Crippen molar-refractivity contribution in [3.8, 4) is 5.75 Å². The van der Waals surface area contributed by atoms with Crippen molar-refractivity contribution in [2.45, 2.75) is 57.0 Å². The highest BCUT2D eigenvalue weighted by molar-refractivity contribution is 5.99. The molecule has 0 spiro atoms. The summed E-state index contributed by atoms with van der Waals surface area (Å²) in [5.74, 6) is -0.647. The Kier molecular flexibility index (Phi) is 6.79. The van der Waals surface area contributed by atoms with Crippen LogP contribution in [0.25, 0.3) is 11.0 Å². The second-order valence-corrected chi connectivity index (χ2v) is 10.2. The van der Waals surface area contributed by atoms with Gasteiger partial charge in [0, 0.05) is 18.9 Å². The summed E-state index contributed by atoms with van der Waals surface area (Å²) in [5.41, 5.74) is 1.20. The number of para-hydroxylation sites is 1. The van der Waals surface area contributed by atoms with Crippen molar-refractivity contribution < 1.29 is 29.0 Å². The summed E-state index contributed by atoms with van der Waals surface area (Å²) >= 11 is 0. The summed E-state index contributed by atoms with van der Waals surface area (Å²) in [6.45, 7) is -0.276. The number of fused-ring (bicyclic) bond motifs is 2. The third-order valence-electron chi connectivity index (χ3n) is 8.13. The van der Waals surface area contributed by atoms with Crippen LogP contribution in [0.5, 0.6) is 5.75 Å². The van der Waals surface area contributed by atoms with Gasteiger partial charge in [0.25, 0.3) is 5.91 Å². The molecule has 2 amide bonds. The number of aromatic amines is 1. The van der Waals surface area contributed by atoms with E-state index in [4.69, 9.17) is 4.74 Å². The van der Waals surface area contributed by atoms with Gasteiger partial charge in [0.2, 0.25) is 5.91 Å². The molecule has 192 valence electrons. The fraction of sp³-hybridized carbons (Fsp3) is 0.577. The maximum absolute atomic E-state index is 13.6. The van der Waals surface area contributed by atoms with Gasteiger partial charge in [0.1, 0.15) is 29.7 Å². The van der Waals surface area contributed by atoms with Crippen LogP contribution in [0.2, 0.25) is 0 Å². The molecule has 2 heterocycles. The number of nitrogens with one attached hydrogen (secondary N) is 2. The van der Waals surface area contributed by atoms with Gasteiger partial charge in [-0.15, -0.1) is 0 Å². The molecule has 5 rings (SSSR count). The SMILES string of the molecule is COc1cccc2[nH]c(C(=O)N3C[C@@H]4CCC[C@@H]4[C@H]3C(=O)N[C@@H](C[C@@H]3CCCC3=O)C(=O)CO)nc12. The van der Waals surface area contributed by atoms with Crippen molar-refractivity contribution in [2.75, 3.05) is 20.3 Å². The highest BCUT2D eigenvalue weighted by atomic mass is 16.5. The van der Waals surface area contributed by atoms with Crippen molar-refractivity contribution in [3.05, 3.63) is 24.0 Å². The first kappa shape index (κ1) is 24.4. The maximum atomic E-state index is 13.6. The van der Waals surface area contributed by atoms with E-state index >= 15 is 0 Å². The van der Waals surface area contributed by atoms with E-state index in [0.717, 1.165) is 25.7 Å². The van der Waals surface area contributed by atoms with Crippen LogP contribution < -0.4 is 10.1 Å². The van der Waals surface area contributed by atoms with Crippen molar-refractivity contribution >= 4 is 34.4 Å². The number of benzene rings is 1. The van der Waals surface area contributed by atoms with Gasteiger partial charge in [-0.25, -0.2) is 4.98 Å².